The average Bonchev–Trinajstić information content (AvgIpc) is 2.24. The fourth-order valence-electron chi connectivity index (χ4n) is 1.35. The molecule has 0 aliphatic heterocycles. The van der Waals surface area contributed by atoms with Gasteiger partial charge < -0.3 is 9.04 Å². The molecule has 0 saturated carbocycles. The van der Waals surface area contributed by atoms with E-state index in [-0.39, 0.29) is 0 Å². The first-order valence-corrected chi connectivity index (χ1v) is 7.33. The smallest absolute Gasteiger partial charge is 0.485 e. The van der Waals surface area contributed by atoms with Crippen LogP contribution in [0.4, 0.5) is 26.3 Å². The summed E-state index contributed by atoms with van der Waals surface area (Å²) in [4.78, 5) is 0. The number of rotatable bonds is 2. The molecule has 0 spiro atoms. The lowest BCUT2D eigenvalue weighted by Gasteiger charge is -2.24. The van der Waals surface area contributed by atoms with E-state index < -0.39 is 27.4 Å². The van der Waals surface area contributed by atoms with Crippen LogP contribution in [0.1, 0.15) is 11.1 Å². The van der Waals surface area contributed by atoms with Gasteiger partial charge in [-0.3, -0.25) is 0 Å². The standard InChI is InChI=1S/C11H15F3N.CHF3O3S/c1-15(2,3)8-9-4-6-10(7-5-9)11(12,13)14;2-1(3,4)8(5,6)7/h4-7H,8H2,1-3H3;(H,5,6,7)/q+1;/p-1. The highest BCUT2D eigenvalue weighted by molar-refractivity contribution is 7.86. The molecule has 0 atom stereocenters. The molecule has 0 saturated heterocycles. The molecule has 0 amide bonds. The Kier molecular flexibility index (Phi) is 6.65. The Labute approximate surface area is 129 Å². The molecule has 134 valence electrons. The Bertz CT molecular complexity index is 600. The summed E-state index contributed by atoms with van der Waals surface area (Å²) in [7, 11) is -0.0972. The number of hydrogen-bond acceptors (Lipinski definition) is 3. The lowest BCUT2D eigenvalue weighted by Crippen LogP contribution is -2.33. The van der Waals surface area contributed by atoms with Gasteiger partial charge in [0.1, 0.15) is 6.54 Å². The van der Waals surface area contributed by atoms with Crippen LogP contribution in [0.25, 0.3) is 0 Å². The number of quaternary nitrogens is 1. The topological polar surface area (TPSA) is 57.2 Å². The minimum atomic E-state index is -6.09. The molecule has 0 fully saturated rings. The summed E-state index contributed by atoms with van der Waals surface area (Å²) < 4.78 is 96.4. The highest BCUT2D eigenvalue weighted by atomic mass is 32.2. The highest BCUT2D eigenvalue weighted by Gasteiger charge is 2.36. The summed E-state index contributed by atoms with van der Waals surface area (Å²) in [6.07, 6.45) is -4.24. The van der Waals surface area contributed by atoms with Crippen molar-refractivity contribution < 1.29 is 43.8 Å². The third kappa shape index (κ3) is 8.77. The summed E-state index contributed by atoms with van der Waals surface area (Å²) in [5.41, 5.74) is -5.32. The van der Waals surface area contributed by atoms with E-state index in [0.29, 0.717) is 4.48 Å². The van der Waals surface area contributed by atoms with E-state index in [1.54, 1.807) is 0 Å². The molecular formula is C12H15F6NO3S. The van der Waals surface area contributed by atoms with E-state index in [0.717, 1.165) is 24.2 Å². The Balaban J connectivity index is 0.000000515. The summed E-state index contributed by atoms with van der Waals surface area (Å²) in [5.74, 6) is 0. The Morgan fingerprint density at radius 1 is 0.957 bits per heavy atom. The quantitative estimate of drug-likeness (QED) is 0.350. The normalized spacial score (nSPS) is 13.3. The molecule has 1 rings (SSSR count). The fourth-order valence-corrected chi connectivity index (χ4v) is 1.35. The molecule has 0 aliphatic carbocycles. The van der Waals surface area contributed by atoms with Gasteiger partial charge in [-0.05, 0) is 12.1 Å². The van der Waals surface area contributed by atoms with Crippen LogP contribution in [-0.4, -0.2) is 44.1 Å². The Morgan fingerprint density at radius 3 is 1.52 bits per heavy atom. The first-order valence-electron chi connectivity index (χ1n) is 5.92. The third-order valence-corrected chi connectivity index (χ3v) is 2.79. The Hall–Kier alpha value is -1.33. The molecule has 11 heteroatoms. The highest BCUT2D eigenvalue weighted by Crippen LogP contribution is 2.29. The molecule has 4 nitrogen and oxygen atoms in total. The van der Waals surface area contributed by atoms with Crippen molar-refractivity contribution in [2.45, 2.75) is 18.2 Å². The van der Waals surface area contributed by atoms with Crippen LogP contribution in [0.2, 0.25) is 0 Å². The van der Waals surface area contributed by atoms with Crippen molar-refractivity contribution in [3.05, 3.63) is 35.4 Å². The maximum atomic E-state index is 12.3. The zero-order valence-electron chi connectivity index (χ0n) is 12.4. The zero-order chi connectivity index (χ0) is 18.7. The number of hydrogen-bond donors (Lipinski definition) is 0. The molecule has 0 aromatic heterocycles. The molecule has 0 N–H and O–H groups in total. The van der Waals surface area contributed by atoms with Crippen molar-refractivity contribution in [3.8, 4) is 0 Å². The Morgan fingerprint density at radius 2 is 1.30 bits per heavy atom. The van der Waals surface area contributed by atoms with Gasteiger partial charge in [0.25, 0.3) is 0 Å². The maximum Gasteiger partial charge on any atom is 0.485 e. The second kappa shape index (κ2) is 7.05. The largest absolute Gasteiger partial charge is 0.741 e. The number of nitrogens with zero attached hydrogens (tertiary/aromatic N) is 1. The molecular weight excluding hydrogens is 352 g/mol. The monoisotopic (exact) mass is 367 g/mol. The second-order valence-corrected chi connectivity index (χ2v) is 6.91. The molecule has 0 heterocycles. The van der Waals surface area contributed by atoms with E-state index in [2.05, 4.69) is 0 Å². The molecule has 1 aromatic carbocycles. The van der Waals surface area contributed by atoms with Crippen LogP contribution in [-0.2, 0) is 22.8 Å². The van der Waals surface area contributed by atoms with E-state index in [1.165, 1.54) is 12.1 Å². The molecule has 1 aromatic rings. The van der Waals surface area contributed by atoms with Gasteiger partial charge in [0.2, 0.25) is 0 Å². The van der Waals surface area contributed by atoms with E-state index in [1.807, 2.05) is 21.1 Å². The minimum Gasteiger partial charge on any atom is -0.741 e. The molecule has 0 bridgehead atoms. The van der Waals surface area contributed by atoms with Crippen molar-refractivity contribution in [1.82, 2.24) is 0 Å². The van der Waals surface area contributed by atoms with Crippen molar-refractivity contribution in [3.63, 3.8) is 0 Å². The third-order valence-electron chi connectivity index (χ3n) is 2.22. The summed E-state index contributed by atoms with van der Waals surface area (Å²) in [6, 6.07) is 5.33. The van der Waals surface area contributed by atoms with Gasteiger partial charge in [0, 0.05) is 5.56 Å². The SMILES string of the molecule is C[N+](C)(C)Cc1ccc(C(F)(F)F)cc1.O=S(=O)([O-])C(F)(F)F. The van der Waals surface area contributed by atoms with Crippen LogP contribution < -0.4 is 0 Å². The number of benzene rings is 1. The first kappa shape index (κ1) is 21.7. The van der Waals surface area contributed by atoms with Gasteiger partial charge in [0.05, 0.1) is 26.7 Å². The zero-order valence-corrected chi connectivity index (χ0v) is 13.2. The molecule has 0 radical (unpaired) electrons. The van der Waals surface area contributed by atoms with Crippen molar-refractivity contribution in [2.24, 2.45) is 0 Å². The molecule has 0 unspecified atom stereocenters. The van der Waals surface area contributed by atoms with Gasteiger partial charge in [-0.1, -0.05) is 12.1 Å². The lowest BCUT2D eigenvalue weighted by molar-refractivity contribution is -0.884. The van der Waals surface area contributed by atoms with Crippen molar-refractivity contribution in [2.75, 3.05) is 21.1 Å². The molecule has 23 heavy (non-hydrogen) atoms. The van der Waals surface area contributed by atoms with Crippen LogP contribution in [0.5, 0.6) is 0 Å². The summed E-state index contributed by atoms with van der Waals surface area (Å²) >= 11 is 0. The predicted molar refractivity (Wildman–Crippen MR) is 68.9 cm³/mol. The molecule has 0 aliphatic rings. The number of halogens is 6. The second-order valence-electron chi connectivity index (χ2n) is 5.54. The van der Waals surface area contributed by atoms with Gasteiger partial charge >= 0.3 is 11.7 Å². The van der Waals surface area contributed by atoms with Gasteiger partial charge in [-0.15, -0.1) is 0 Å². The first-order chi connectivity index (χ1) is 9.93. The maximum absolute atomic E-state index is 12.3. The number of alkyl halides is 6. The van der Waals surface area contributed by atoms with Gasteiger partial charge in [0.15, 0.2) is 10.1 Å². The van der Waals surface area contributed by atoms with E-state index in [4.69, 9.17) is 13.0 Å². The lowest BCUT2D eigenvalue weighted by atomic mass is 10.1. The predicted octanol–water partition coefficient (Wildman–Crippen LogP) is 2.96. The van der Waals surface area contributed by atoms with Gasteiger partial charge in [-0.25, -0.2) is 8.42 Å². The van der Waals surface area contributed by atoms with Gasteiger partial charge in [-0.2, -0.15) is 26.3 Å². The van der Waals surface area contributed by atoms with Crippen LogP contribution >= 0.6 is 0 Å². The van der Waals surface area contributed by atoms with Crippen molar-refractivity contribution >= 4 is 10.1 Å². The minimum absolute atomic E-state index is 0.590. The van der Waals surface area contributed by atoms with E-state index >= 15 is 0 Å². The summed E-state index contributed by atoms with van der Waals surface area (Å²) in [6.45, 7) is 0.720. The van der Waals surface area contributed by atoms with Crippen molar-refractivity contribution in [1.29, 1.82) is 0 Å². The fraction of sp³-hybridized carbons (Fsp3) is 0.500. The van der Waals surface area contributed by atoms with Crippen LogP contribution in [0.15, 0.2) is 24.3 Å². The average molecular weight is 367 g/mol. The summed E-state index contributed by atoms with van der Waals surface area (Å²) in [5, 5.41) is 0. The van der Waals surface area contributed by atoms with E-state index in [9.17, 15) is 26.3 Å². The van der Waals surface area contributed by atoms with Crippen LogP contribution in [0.3, 0.4) is 0 Å². The van der Waals surface area contributed by atoms with Crippen LogP contribution in [0, 0.1) is 0 Å².